The predicted molar refractivity (Wildman–Crippen MR) is 82.3 cm³/mol. The van der Waals surface area contributed by atoms with E-state index in [1.165, 1.54) is 13.2 Å². The van der Waals surface area contributed by atoms with Crippen LogP contribution in [0.5, 0.6) is 11.5 Å². The summed E-state index contributed by atoms with van der Waals surface area (Å²) < 4.78 is 10.4. The van der Waals surface area contributed by atoms with Gasteiger partial charge in [-0.05, 0) is 36.4 Å². The van der Waals surface area contributed by atoms with Crippen molar-refractivity contribution >= 4 is 12.0 Å². The number of hydrogen-bond acceptors (Lipinski definition) is 4. The molecule has 1 aromatic heterocycles. The van der Waals surface area contributed by atoms with Gasteiger partial charge in [-0.25, -0.2) is 4.79 Å². The number of benzene rings is 1. The molecule has 0 aliphatic rings. The number of aromatic amines is 1. The number of methoxy groups -OCH3 is 2. The SMILES string of the molecule is COc1ccc(-c2ccc(/C=C/C(=O)O)c(=O)[nH]2)cc1OC. The molecule has 1 heterocycles. The van der Waals surface area contributed by atoms with Crippen molar-refractivity contribution in [3.63, 3.8) is 0 Å². The molecule has 0 saturated heterocycles. The van der Waals surface area contributed by atoms with Gasteiger partial charge in [-0.2, -0.15) is 0 Å². The molecule has 0 saturated carbocycles. The highest BCUT2D eigenvalue weighted by atomic mass is 16.5. The highest BCUT2D eigenvalue weighted by molar-refractivity contribution is 5.85. The van der Waals surface area contributed by atoms with Crippen molar-refractivity contribution in [3.05, 3.63) is 52.3 Å². The zero-order valence-electron chi connectivity index (χ0n) is 12.1. The average molecular weight is 301 g/mol. The van der Waals surface area contributed by atoms with E-state index < -0.39 is 5.97 Å². The van der Waals surface area contributed by atoms with Crippen molar-refractivity contribution in [3.8, 4) is 22.8 Å². The molecule has 6 heteroatoms. The summed E-state index contributed by atoms with van der Waals surface area (Å²) in [7, 11) is 3.08. The van der Waals surface area contributed by atoms with Crippen molar-refractivity contribution in [2.45, 2.75) is 0 Å². The molecule has 22 heavy (non-hydrogen) atoms. The van der Waals surface area contributed by atoms with E-state index in [1.807, 2.05) is 0 Å². The average Bonchev–Trinajstić information content (AvgIpc) is 2.52. The van der Waals surface area contributed by atoms with Gasteiger partial charge in [0.15, 0.2) is 11.5 Å². The summed E-state index contributed by atoms with van der Waals surface area (Å²) in [6.45, 7) is 0. The first-order chi connectivity index (χ1) is 10.5. The zero-order chi connectivity index (χ0) is 16.1. The Kier molecular flexibility index (Phi) is 4.63. The van der Waals surface area contributed by atoms with Crippen LogP contribution in [0.3, 0.4) is 0 Å². The molecular formula is C16H15NO5. The number of carbonyl (C=O) groups is 1. The maximum atomic E-state index is 11.9. The van der Waals surface area contributed by atoms with Crippen LogP contribution in [0.15, 0.2) is 41.2 Å². The monoisotopic (exact) mass is 301 g/mol. The molecule has 114 valence electrons. The molecule has 0 spiro atoms. The van der Waals surface area contributed by atoms with Gasteiger partial charge >= 0.3 is 5.97 Å². The smallest absolute Gasteiger partial charge is 0.328 e. The van der Waals surface area contributed by atoms with Crippen molar-refractivity contribution in [1.29, 1.82) is 0 Å². The van der Waals surface area contributed by atoms with E-state index in [1.54, 1.807) is 37.4 Å². The highest BCUT2D eigenvalue weighted by Crippen LogP contribution is 2.31. The van der Waals surface area contributed by atoms with Crippen LogP contribution in [0, 0.1) is 0 Å². The Morgan fingerprint density at radius 2 is 1.86 bits per heavy atom. The van der Waals surface area contributed by atoms with Gasteiger partial charge in [-0.1, -0.05) is 0 Å². The Bertz CT molecular complexity index is 776. The fourth-order valence-electron chi connectivity index (χ4n) is 1.95. The van der Waals surface area contributed by atoms with Gasteiger partial charge in [0.2, 0.25) is 0 Å². The van der Waals surface area contributed by atoms with E-state index in [9.17, 15) is 9.59 Å². The maximum absolute atomic E-state index is 11.9. The molecule has 0 bridgehead atoms. The summed E-state index contributed by atoms with van der Waals surface area (Å²) in [6.07, 6.45) is 2.17. The number of rotatable bonds is 5. The molecule has 1 aromatic carbocycles. The van der Waals surface area contributed by atoms with Gasteiger partial charge in [0.1, 0.15) is 0 Å². The Labute approximate surface area is 126 Å². The lowest BCUT2D eigenvalue weighted by atomic mass is 10.1. The first-order valence-corrected chi connectivity index (χ1v) is 6.42. The number of ether oxygens (including phenoxy) is 2. The summed E-state index contributed by atoms with van der Waals surface area (Å²) in [5.74, 6) is 0.0358. The molecule has 2 N–H and O–H groups in total. The molecule has 0 unspecified atom stereocenters. The summed E-state index contributed by atoms with van der Waals surface area (Å²) in [5.41, 5.74) is 1.25. The maximum Gasteiger partial charge on any atom is 0.328 e. The lowest BCUT2D eigenvalue weighted by molar-refractivity contribution is -0.131. The van der Waals surface area contributed by atoms with Crippen LogP contribution in [0.4, 0.5) is 0 Å². The van der Waals surface area contributed by atoms with Crippen LogP contribution < -0.4 is 15.0 Å². The van der Waals surface area contributed by atoms with E-state index in [0.717, 1.165) is 11.6 Å². The predicted octanol–water partition coefficient (Wildman–Crippen LogP) is 2.16. The molecule has 2 rings (SSSR count). The first kappa shape index (κ1) is 15.4. The Hall–Kier alpha value is -3.02. The van der Waals surface area contributed by atoms with E-state index in [2.05, 4.69) is 4.98 Å². The van der Waals surface area contributed by atoms with Crippen molar-refractivity contribution in [1.82, 2.24) is 4.98 Å². The van der Waals surface area contributed by atoms with Gasteiger partial charge in [-0.15, -0.1) is 0 Å². The minimum absolute atomic E-state index is 0.270. The Balaban J connectivity index is 2.40. The second-order valence-electron chi connectivity index (χ2n) is 4.40. The number of hydrogen-bond donors (Lipinski definition) is 2. The lowest BCUT2D eigenvalue weighted by Gasteiger charge is -2.09. The number of nitrogens with one attached hydrogen (secondary N) is 1. The van der Waals surface area contributed by atoms with Crippen LogP contribution in [0.2, 0.25) is 0 Å². The molecule has 0 aliphatic carbocycles. The molecule has 0 fully saturated rings. The standard InChI is InChI=1S/C16H15NO5/c1-21-13-7-4-11(9-14(13)22-2)12-6-3-10(16(20)17-12)5-8-15(18)19/h3-9H,1-2H3,(H,17,20)(H,18,19)/b8-5+. The molecule has 0 aliphatic heterocycles. The van der Waals surface area contributed by atoms with Crippen LogP contribution in [-0.2, 0) is 4.79 Å². The fraction of sp³-hybridized carbons (Fsp3) is 0.125. The van der Waals surface area contributed by atoms with Gasteiger partial charge in [0, 0.05) is 22.9 Å². The number of carboxylic acids is 1. The lowest BCUT2D eigenvalue weighted by Crippen LogP contribution is -2.10. The summed E-state index contributed by atoms with van der Waals surface area (Å²) >= 11 is 0. The fourth-order valence-corrected chi connectivity index (χ4v) is 1.95. The number of H-pyrrole nitrogens is 1. The third-order valence-corrected chi connectivity index (χ3v) is 3.04. The van der Waals surface area contributed by atoms with Gasteiger partial charge in [0.05, 0.1) is 14.2 Å². The molecule has 2 aromatic rings. The topological polar surface area (TPSA) is 88.6 Å². The van der Waals surface area contributed by atoms with Gasteiger partial charge in [0.25, 0.3) is 5.56 Å². The second-order valence-corrected chi connectivity index (χ2v) is 4.40. The number of aliphatic carboxylic acids is 1. The highest BCUT2D eigenvalue weighted by Gasteiger charge is 2.07. The van der Waals surface area contributed by atoms with Crippen LogP contribution in [0.25, 0.3) is 17.3 Å². The summed E-state index contributed by atoms with van der Waals surface area (Å²) in [6, 6.07) is 8.54. The molecule has 0 amide bonds. The van der Waals surface area contributed by atoms with Crippen molar-refractivity contribution in [2.75, 3.05) is 14.2 Å². The third kappa shape index (κ3) is 3.35. The molecule has 6 nitrogen and oxygen atoms in total. The van der Waals surface area contributed by atoms with Gasteiger partial charge < -0.3 is 19.6 Å². The van der Waals surface area contributed by atoms with Crippen LogP contribution in [-0.4, -0.2) is 30.3 Å². The first-order valence-electron chi connectivity index (χ1n) is 6.42. The van der Waals surface area contributed by atoms with Crippen molar-refractivity contribution < 1.29 is 19.4 Å². The van der Waals surface area contributed by atoms with E-state index in [0.29, 0.717) is 17.2 Å². The van der Waals surface area contributed by atoms with Gasteiger partial charge in [-0.3, -0.25) is 4.79 Å². The Morgan fingerprint density at radius 1 is 1.14 bits per heavy atom. The van der Waals surface area contributed by atoms with E-state index in [-0.39, 0.29) is 11.1 Å². The van der Waals surface area contributed by atoms with Crippen molar-refractivity contribution in [2.24, 2.45) is 0 Å². The Morgan fingerprint density at radius 3 is 2.45 bits per heavy atom. The number of pyridine rings is 1. The number of carboxylic acid groups (broad SMARTS) is 1. The molecule has 0 atom stereocenters. The number of aromatic nitrogens is 1. The third-order valence-electron chi connectivity index (χ3n) is 3.04. The second kappa shape index (κ2) is 6.62. The minimum atomic E-state index is -1.11. The quantitative estimate of drug-likeness (QED) is 0.826. The molecular weight excluding hydrogens is 286 g/mol. The van der Waals surface area contributed by atoms with E-state index in [4.69, 9.17) is 14.6 Å². The zero-order valence-corrected chi connectivity index (χ0v) is 12.1. The van der Waals surface area contributed by atoms with E-state index >= 15 is 0 Å². The normalized spacial score (nSPS) is 10.6. The van der Waals surface area contributed by atoms with Crippen LogP contribution in [0.1, 0.15) is 5.56 Å². The summed E-state index contributed by atoms with van der Waals surface area (Å²) in [5, 5.41) is 8.58. The largest absolute Gasteiger partial charge is 0.493 e. The summed E-state index contributed by atoms with van der Waals surface area (Å²) in [4.78, 5) is 25.1. The van der Waals surface area contributed by atoms with Crippen LogP contribution >= 0.6 is 0 Å². The minimum Gasteiger partial charge on any atom is -0.493 e. The molecule has 0 radical (unpaired) electrons.